The third-order valence-electron chi connectivity index (χ3n) is 11.5. The Kier molecular flexibility index (Phi) is 8.06. The topological polar surface area (TPSA) is 61.0 Å². The predicted molar refractivity (Wildman–Crippen MR) is 225 cm³/mol. The molecule has 0 saturated heterocycles. The molecule has 6 aromatic rings. The molecule has 2 unspecified atom stereocenters. The minimum atomic E-state index is -3.21. The Morgan fingerprint density at radius 2 is 1.19 bits per heavy atom. The number of H-pyrrole nitrogens is 2. The smallest absolute Gasteiger partial charge is 0.138 e. The van der Waals surface area contributed by atoms with Gasteiger partial charge in [0.15, 0.2) is 0 Å². The van der Waals surface area contributed by atoms with Gasteiger partial charge in [-0.3, -0.25) is 0 Å². The lowest BCUT2D eigenvalue weighted by atomic mass is 9.78. The van der Waals surface area contributed by atoms with Gasteiger partial charge in [0.1, 0.15) is 7.14 Å². The lowest BCUT2D eigenvalue weighted by Crippen LogP contribution is -2.23. The lowest BCUT2D eigenvalue weighted by molar-refractivity contribution is 0.583. The molecular weight excluding hydrogens is 678 g/mol. The molecule has 2 atom stereocenters. The molecule has 3 aliphatic heterocycles. The minimum absolute atomic E-state index is 0.703. The van der Waals surface area contributed by atoms with Crippen LogP contribution in [-0.4, -0.2) is 22.3 Å². The molecule has 54 heavy (non-hydrogen) atoms. The summed E-state index contributed by atoms with van der Waals surface area (Å²) in [6.45, 7) is 10.6. The molecule has 0 saturated carbocycles. The summed E-state index contributed by atoms with van der Waals surface area (Å²) in [5.41, 5.74) is 13.7. The van der Waals surface area contributed by atoms with E-state index in [1.165, 1.54) is 11.1 Å². The summed E-state index contributed by atoms with van der Waals surface area (Å²) in [7, 11) is -3.21. The number of allylic oxidation sites excluding steroid dienone is 5. The maximum atomic E-state index is 16.0. The van der Waals surface area contributed by atoms with Gasteiger partial charge < -0.3 is 14.5 Å². The summed E-state index contributed by atoms with van der Waals surface area (Å²) < 4.78 is 16.0. The van der Waals surface area contributed by atoms with Crippen LogP contribution in [0.3, 0.4) is 0 Å². The van der Waals surface area contributed by atoms with E-state index in [2.05, 4.69) is 165 Å². The van der Waals surface area contributed by atoms with E-state index in [1.54, 1.807) is 0 Å². The molecular formula is C49H42N3OP. The molecule has 2 N–H and O–H groups in total. The first-order valence-electron chi connectivity index (χ1n) is 18.5. The molecule has 0 aliphatic carbocycles. The zero-order chi connectivity index (χ0) is 37.2. The SMILES string of the molecule is CC1=C2C(c3ccccc3)=c3ccc([nH]3)=C(c3ccc(C)cc3)C3=N/C(=C(/c4ccc(C)cc4)c4ccc([nH]4)C1(C)/C(=C/c1ccccc1)P2(C)=O)C=C3. The average Bonchev–Trinajstić information content (AvgIpc) is 3.99. The largest absolute Gasteiger partial charge is 0.357 e. The number of aromatic nitrogens is 2. The number of nitrogens with one attached hydrogen (secondary N) is 2. The normalized spacial score (nSPS) is 22.8. The highest BCUT2D eigenvalue weighted by Gasteiger charge is 2.52. The third-order valence-corrected chi connectivity index (χ3v) is 14.4. The van der Waals surface area contributed by atoms with E-state index in [0.717, 1.165) is 88.7 Å². The molecule has 0 fully saturated rings. The van der Waals surface area contributed by atoms with E-state index in [0.29, 0.717) is 0 Å². The molecule has 4 nitrogen and oxygen atoms in total. The first-order valence-corrected chi connectivity index (χ1v) is 20.7. The van der Waals surface area contributed by atoms with E-state index in [-0.39, 0.29) is 0 Å². The van der Waals surface area contributed by atoms with Crippen LogP contribution in [-0.2, 0) is 9.98 Å². The van der Waals surface area contributed by atoms with Gasteiger partial charge in [0.05, 0.1) is 16.8 Å². The van der Waals surface area contributed by atoms with E-state index in [4.69, 9.17) is 4.99 Å². The second-order valence-corrected chi connectivity index (χ2v) is 17.8. The standard InChI is InChI=1S/C49H42N3OP/c1-31-16-20-36(21-17-31)45-38-24-25-40(50-38)46(37-22-18-32(2)19-23-37)41-28-29-43(52-41)49(4)33(3)48(54(5,53)44(49)30-34-12-8-6-9-13-34)47(35-14-10-7-11-15-35)42-27-26-39(45)51-42/h6-30,51-52H,1-5H3/b44-30-,45-39?,46-40-,47-42?. The second-order valence-electron chi connectivity index (χ2n) is 15.0. The molecule has 264 valence electrons. The molecule has 4 aromatic carbocycles. The van der Waals surface area contributed by atoms with Gasteiger partial charge in [0, 0.05) is 49.4 Å². The van der Waals surface area contributed by atoms with Gasteiger partial charge in [-0.25, -0.2) is 4.99 Å². The maximum absolute atomic E-state index is 16.0. The minimum Gasteiger partial charge on any atom is -0.357 e. The highest BCUT2D eigenvalue weighted by atomic mass is 31.2. The Morgan fingerprint density at radius 3 is 1.83 bits per heavy atom. The van der Waals surface area contributed by atoms with Crippen LogP contribution in [0.5, 0.6) is 0 Å². The number of nitrogens with zero attached hydrogens (tertiary/aromatic N) is 1. The highest BCUT2D eigenvalue weighted by Crippen LogP contribution is 2.74. The summed E-state index contributed by atoms with van der Waals surface area (Å²) in [5, 5.41) is 3.67. The summed E-state index contributed by atoms with van der Waals surface area (Å²) in [5.74, 6) is 0. The first-order chi connectivity index (χ1) is 26.1. The zero-order valence-electron chi connectivity index (χ0n) is 31.2. The van der Waals surface area contributed by atoms with Crippen LogP contribution in [0, 0.1) is 13.8 Å². The highest BCUT2D eigenvalue weighted by molar-refractivity contribution is 7.73. The number of rotatable bonds is 4. The van der Waals surface area contributed by atoms with E-state index < -0.39 is 12.6 Å². The molecule has 8 bridgehead atoms. The monoisotopic (exact) mass is 719 g/mol. The van der Waals surface area contributed by atoms with Gasteiger partial charge in [0.2, 0.25) is 0 Å². The molecule has 3 aliphatic rings. The molecule has 5 heterocycles. The second kappa shape index (κ2) is 12.9. The molecule has 9 rings (SSSR count). The Balaban J connectivity index is 1.46. The van der Waals surface area contributed by atoms with Crippen LogP contribution in [0.15, 0.2) is 173 Å². The van der Waals surface area contributed by atoms with Crippen LogP contribution in [0.1, 0.15) is 58.6 Å². The number of benzene rings is 4. The maximum Gasteiger partial charge on any atom is 0.138 e. The van der Waals surface area contributed by atoms with E-state index in [9.17, 15) is 0 Å². The van der Waals surface area contributed by atoms with Crippen molar-refractivity contribution in [3.8, 4) is 0 Å². The fourth-order valence-corrected chi connectivity index (χ4v) is 11.8. The third kappa shape index (κ3) is 5.44. The van der Waals surface area contributed by atoms with Crippen LogP contribution < -0.4 is 10.7 Å². The van der Waals surface area contributed by atoms with Crippen molar-refractivity contribution >= 4 is 35.6 Å². The molecule has 0 spiro atoms. The molecule has 0 radical (unpaired) electrons. The Labute approximate surface area is 316 Å². The van der Waals surface area contributed by atoms with Crippen molar-refractivity contribution in [2.45, 2.75) is 33.1 Å². The van der Waals surface area contributed by atoms with Crippen molar-refractivity contribution < 1.29 is 4.57 Å². The van der Waals surface area contributed by atoms with E-state index in [1.807, 2.05) is 30.9 Å². The van der Waals surface area contributed by atoms with E-state index >= 15 is 4.57 Å². The Bertz CT molecular complexity index is 2810. The van der Waals surface area contributed by atoms with Crippen molar-refractivity contribution in [2.24, 2.45) is 4.99 Å². The lowest BCUT2D eigenvalue weighted by Gasteiger charge is -2.29. The molecule has 2 aromatic heterocycles. The number of aromatic amines is 2. The van der Waals surface area contributed by atoms with Crippen LogP contribution in [0.2, 0.25) is 0 Å². The number of aryl methyl sites for hydroxylation is 2. The van der Waals surface area contributed by atoms with Gasteiger partial charge in [-0.15, -0.1) is 0 Å². The van der Waals surface area contributed by atoms with Crippen molar-refractivity contribution in [1.82, 2.24) is 9.97 Å². The number of hydrogen-bond acceptors (Lipinski definition) is 2. The summed E-state index contributed by atoms with van der Waals surface area (Å²) in [6.07, 6.45) is 6.44. The summed E-state index contributed by atoms with van der Waals surface area (Å²) in [4.78, 5) is 13.2. The fourth-order valence-electron chi connectivity index (χ4n) is 8.52. The van der Waals surface area contributed by atoms with Crippen molar-refractivity contribution in [2.75, 3.05) is 6.66 Å². The van der Waals surface area contributed by atoms with Gasteiger partial charge in [0.25, 0.3) is 0 Å². The van der Waals surface area contributed by atoms with Crippen molar-refractivity contribution in [3.05, 3.63) is 223 Å². The summed E-state index contributed by atoms with van der Waals surface area (Å²) >= 11 is 0. The Hall–Kier alpha value is -5.96. The number of aliphatic imine (C=N–C) groups is 1. The molecule has 0 amide bonds. The van der Waals surface area contributed by atoms with Crippen LogP contribution >= 0.6 is 7.14 Å². The average molecular weight is 720 g/mol. The van der Waals surface area contributed by atoms with Crippen LogP contribution in [0.4, 0.5) is 0 Å². The fraction of sp³-hybridized carbons (Fsp3) is 0.122. The number of hydrogen-bond donors (Lipinski definition) is 2. The quantitative estimate of drug-likeness (QED) is 0.175. The predicted octanol–water partition coefficient (Wildman–Crippen LogP) is 10.4. The summed E-state index contributed by atoms with van der Waals surface area (Å²) in [6, 6.07) is 46.7. The number of fused-ring (bicyclic) bond motifs is 7. The van der Waals surface area contributed by atoms with Gasteiger partial charge in [-0.2, -0.15) is 0 Å². The van der Waals surface area contributed by atoms with Gasteiger partial charge in [-0.05, 0) is 105 Å². The van der Waals surface area contributed by atoms with Gasteiger partial charge in [-0.1, -0.05) is 120 Å². The van der Waals surface area contributed by atoms with Crippen molar-refractivity contribution in [3.63, 3.8) is 0 Å². The zero-order valence-corrected chi connectivity index (χ0v) is 32.1. The van der Waals surface area contributed by atoms with Crippen molar-refractivity contribution in [1.29, 1.82) is 0 Å². The van der Waals surface area contributed by atoms with Gasteiger partial charge >= 0.3 is 0 Å². The molecule has 5 heteroatoms. The Morgan fingerprint density at radius 1 is 0.611 bits per heavy atom. The van der Waals surface area contributed by atoms with Crippen LogP contribution in [0.25, 0.3) is 22.8 Å². The first kappa shape index (κ1) is 33.8.